The summed E-state index contributed by atoms with van der Waals surface area (Å²) in [5, 5.41) is 12.6. The quantitative estimate of drug-likeness (QED) is 0.806. The van der Waals surface area contributed by atoms with Crippen LogP contribution in [0.3, 0.4) is 0 Å². The largest absolute Gasteiger partial charge is 0.387 e. The van der Waals surface area contributed by atoms with Crippen molar-refractivity contribution in [2.24, 2.45) is 0 Å². The van der Waals surface area contributed by atoms with Crippen molar-refractivity contribution in [1.82, 2.24) is 0 Å². The van der Waals surface area contributed by atoms with Gasteiger partial charge in [0.25, 0.3) is 0 Å². The second kappa shape index (κ2) is 5.49. The Bertz CT molecular complexity index is 466. The summed E-state index contributed by atoms with van der Waals surface area (Å²) >= 11 is 9.74. The van der Waals surface area contributed by atoms with Crippen molar-refractivity contribution >= 4 is 45.5 Å². The minimum atomic E-state index is -0.507. The molecule has 1 aromatic heterocycles. The van der Waals surface area contributed by atoms with E-state index in [1.54, 1.807) is 0 Å². The summed E-state index contributed by atoms with van der Waals surface area (Å²) in [5.74, 6) is 0. The molecule has 2 aromatic rings. The molecule has 0 amide bonds. The van der Waals surface area contributed by atoms with Crippen molar-refractivity contribution in [3.05, 3.63) is 54.7 Å². The number of aliphatic hydroxyl groups is 1. The van der Waals surface area contributed by atoms with Crippen LogP contribution >= 0.6 is 45.5 Å². The second-order valence-corrected chi connectivity index (χ2v) is 6.08. The van der Waals surface area contributed by atoms with Gasteiger partial charge >= 0.3 is 0 Å². The van der Waals surface area contributed by atoms with E-state index in [2.05, 4.69) is 22.6 Å². The first-order valence-corrected chi connectivity index (χ1v) is 7.16. The fourth-order valence-corrected chi connectivity index (χ4v) is 3.01. The van der Waals surface area contributed by atoms with Gasteiger partial charge in [0.1, 0.15) is 0 Å². The zero-order valence-corrected chi connectivity index (χ0v) is 12.1. The molecule has 0 spiro atoms. The van der Waals surface area contributed by atoms with Crippen molar-refractivity contribution < 1.29 is 5.11 Å². The minimum Gasteiger partial charge on any atom is -0.387 e. The third kappa shape index (κ3) is 2.97. The number of thiophene rings is 1. The molecule has 0 saturated heterocycles. The third-order valence-corrected chi connectivity index (χ3v) is 4.47. The molecular weight excluding hydrogens is 355 g/mol. The maximum Gasteiger partial charge on any atom is 0.0937 e. The normalized spacial score (nSPS) is 12.7. The highest BCUT2D eigenvalue weighted by atomic mass is 127. The van der Waals surface area contributed by atoms with Crippen LogP contribution in [0.4, 0.5) is 0 Å². The van der Waals surface area contributed by atoms with E-state index in [9.17, 15) is 5.11 Å². The van der Waals surface area contributed by atoms with E-state index in [0.29, 0.717) is 11.4 Å². The van der Waals surface area contributed by atoms with Crippen molar-refractivity contribution in [3.63, 3.8) is 0 Å². The van der Waals surface area contributed by atoms with Gasteiger partial charge < -0.3 is 5.11 Å². The fraction of sp³-hybridized carbons (Fsp3) is 0.167. The Balaban J connectivity index is 2.10. The van der Waals surface area contributed by atoms with Crippen molar-refractivity contribution in [1.29, 1.82) is 0 Å². The van der Waals surface area contributed by atoms with Crippen LogP contribution in [0.1, 0.15) is 16.5 Å². The molecule has 1 N–H and O–H groups in total. The Morgan fingerprint density at radius 1 is 1.25 bits per heavy atom. The fourth-order valence-electron chi connectivity index (χ4n) is 1.48. The van der Waals surface area contributed by atoms with Crippen LogP contribution < -0.4 is 0 Å². The van der Waals surface area contributed by atoms with E-state index < -0.39 is 6.10 Å². The predicted molar refractivity (Wildman–Crippen MR) is 77.2 cm³/mol. The van der Waals surface area contributed by atoms with Gasteiger partial charge in [-0.05, 0) is 51.7 Å². The maximum absolute atomic E-state index is 10.0. The lowest BCUT2D eigenvalue weighted by Gasteiger charge is -2.09. The molecule has 0 bridgehead atoms. The van der Waals surface area contributed by atoms with Gasteiger partial charge in [-0.2, -0.15) is 0 Å². The number of aliphatic hydroxyl groups excluding tert-OH is 1. The zero-order valence-electron chi connectivity index (χ0n) is 8.36. The molecular formula is C12H10ClIOS. The number of hydrogen-bond acceptors (Lipinski definition) is 2. The SMILES string of the molecule is OC(Cc1ccc(I)cc1)c1sccc1Cl. The van der Waals surface area contributed by atoms with Gasteiger partial charge in [0, 0.05) is 9.99 Å². The first-order valence-electron chi connectivity index (χ1n) is 4.82. The van der Waals surface area contributed by atoms with Gasteiger partial charge in [-0.15, -0.1) is 11.3 Å². The average Bonchev–Trinajstić information content (AvgIpc) is 2.68. The number of halogens is 2. The molecule has 1 aromatic carbocycles. The Morgan fingerprint density at radius 2 is 1.94 bits per heavy atom. The van der Waals surface area contributed by atoms with Gasteiger partial charge in [-0.3, -0.25) is 0 Å². The summed E-state index contributed by atoms with van der Waals surface area (Å²) in [4.78, 5) is 0.847. The van der Waals surface area contributed by atoms with Crippen LogP contribution in [-0.4, -0.2) is 5.11 Å². The van der Waals surface area contributed by atoms with Crippen LogP contribution in [0.2, 0.25) is 5.02 Å². The van der Waals surface area contributed by atoms with Crippen LogP contribution in [-0.2, 0) is 6.42 Å². The second-order valence-electron chi connectivity index (χ2n) is 3.48. The van der Waals surface area contributed by atoms with Gasteiger partial charge in [0.05, 0.1) is 16.0 Å². The van der Waals surface area contributed by atoms with Crippen LogP contribution in [0.5, 0.6) is 0 Å². The summed E-state index contributed by atoms with van der Waals surface area (Å²) in [7, 11) is 0. The molecule has 0 aliphatic heterocycles. The summed E-state index contributed by atoms with van der Waals surface area (Å²) in [5.41, 5.74) is 1.12. The molecule has 0 aliphatic rings. The molecule has 84 valence electrons. The highest BCUT2D eigenvalue weighted by Crippen LogP contribution is 2.30. The van der Waals surface area contributed by atoms with Crippen molar-refractivity contribution in [3.8, 4) is 0 Å². The molecule has 1 nitrogen and oxygen atoms in total. The van der Waals surface area contributed by atoms with Crippen molar-refractivity contribution in [2.75, 3.05) is 0 Å². The maximum atomic E-state index is 10.0. The summed E-state index contributed by atoms with van der Waals surface area (Å²) in [6.07, 6.45) is 0.101. The number of rotatable bonds is 3. The number of benzene rings is 1. The smallest absolute Gasteiger partial charge is 0.0937 e. The molecule has 16 heavy (non-hydrogen) atoms. The lowest BCUT2D eigenvalue weighted by atomic mass is 10.1. The molecule has 0 fully saturated rings. The predicted octanol–water partition coefficient (Wildman–Crippen LogP) is 4.28. The molecule has 0 saturated carbocycles. The van der Waals surface area contributed by atoms with Crippen molar-refractivity contribution in [2.45, 2.75) is 12.5 Å². The van der Waals surface area contributed by atoms with Crippen LogP contribution in [0.25, 0.3) is 0 Å². The molecule has 4 heteroatoms. The Labute approximate surface area is 117 Å². The Hall–Kier alpha value is -0.100. The Kier molecular flexibility index (Phi) is 4.24. The van der Waals surface area contributed by atoms with E-state index in [4.69, 9.17) is 11.6 Å². The van der Waals surface area contributed by atoms with Crippen LogP contribution in [0, 0.1) is 3.57 Å². The van der Waals surface area contributed by atoms with E-state index in [1.165, 1.54) is 14.9 Å². The lowest BCUT2D eigenvalue weighted by molar-refractivity contribution is 0.182. The average molecular weight is 365 g/mol. The number of hydrogen-bond donors (Lipinski definition) is 1. The highest BCUT2D eigenvalue weighted by molar-refractivity contribution is 14.1. The summed E-state index contributed by atoms with van der Waals surface area (Å²) in [6.45, 7) is 0. The summed E-state index contributed by atoms with van der Waals surface area (Å²) < 4.78 is 1.20. The Morgan fingerprint density at radius 3 is 2.50 bits per heavy atom. The highest BCUT2D eigenvalue weighted by Gasteiger charge is 2.13. The first-order chi connectivity index (χ1) is 7.66. The van der Waals surface area contributed by atoms with E-state index in [1.807, 2.05) is 35.7 Å². The first kappa shape index (κ1) is 12.4. The van der Waals surface area contributed by atoms with E-state index in [-0.39, 0.29) is 0 Å². The molecule has 0 radical (unpaired) electrons. The molecule has 1 unspecified atom stereocenters. The molecule has 2 rings (SSSR count). The third-order valence-electron chi connectivity index (χ3n) is 2.29. The van der Waals surface area contributed by atoms with Crippen LogP contribution in [0.15, 0.2) is 35.7 Å². The minimum absolute atomic E-state index is 0.507. The van der Waals surface area contributed by atoms with Gasteiger partial charge in [-0.25, -0.2) is 0 Å². The van der Waals surface area contributed by atoms with Gasteiger partial charge in [0.2, 0.25) is 0 Å². The van der Waals surface area contributed by atoms with E-state index in [0.717, 1.165) is 10.4 Å². The molecule has 1 heterocycles. The summed E-state index contributed by atoms with van der Waals surface area (Å²) in [6, 6.07) is 9.97. The lowest BCUT2D eigenvalue weighted by Crippen LogP contribution is -2.00. The molecule has 0 aliphatic carbocycles. The van der Waals surface area contributed by atoms with Gasteiger partial charge in [-0.1, -0.05) is 23.7 Å². The monoisotopic (exact) mass is 364 g/mol. The molecule has 1 atom stereocenters. The standard InChI is InChI=1S/C12H10ClIOS/c13-10-5-6-16-12(10)11(15)7-8-1-3-9(14)4-2-8/h1-6,11,15H,7H2. The topological polar surface area (TPSA) is 20.2 Å². The van der Waals surface area contributed by atoms with E-state index >= 15 is 0 Å². The zero-order chi connectivity index (χ0) is 11.5. The van der Waals surface area contributed by atoms with Gasteiger partial charge in [0.15, 0.2) is 0 Å².